The molecule has 5 heteroatoms. The van der Waals surface area contributed by atoms with Gasteiger partial charge in [0.1, 0.15) is 0 Å². The lowest BCUT2D eigenvalue weighted by atomic mass is 10.1. The summed E-state index contributed by atoms with van der Waals surface area (Å²) < 4.78 is 1.63. The molecule has 0 spiro atoms. The van der Waals surface area contributed by atoms with Crippen LogP contribution in [0.3, 0.4) is 0 Å². The second-order valence-corrected chi connectivity index (χ2v) is 5.29. The molecule has 17 heavy (non-hydrogen) atoms. The van der Waals surface area contributed by atoms with Crippen molar-refractivity contribution in [2.24, 2.45) is 5.92 Å². The number of nitrogens with zero attached hydrogens (tertiary/aromatic N) is 2. The lowest BCUT2D eigenvalue weighted by Crippen LogP contribution is -2.33. The second-order valence-electron chi connectivity index (χ2n) is 5.29. The molecule has 2 N–H and O–H groups in total. The van der Waals surface area contributed by atoms with Crippen molar-refractivity contribution in [1.29, 1.82) is 0 Å². The van der Waals surface area contributed by atoms with Gasteiger partial charge in [0.25, 0.3) is 5.56 Å². The zero-order valence-electron chi connectivity index (χ0n) is 10.9. The first-order valence-electron chi connectivity index (χ1n) is 5.81. The predicted molar refractivity (Wildman–Crippen MR) is 68.1 cm³/mol. The molecule has 0 aromatic carbocycles. The summed E-state index contributed by atoms with van der Waals surface area (Å²) in [5, 5.41) is 12.5. The van der Waals surface area contributed by atoms with Gasteiger partial charge in [0.05, 0.1) is 5.60 Å². The van der Waals surface area contributed by atoms with Crippen molar-refractivity contribution in [3.63, 3.8) is 0 Å². The summed E-state index contributed by atoms with van der Waals surface area (Å²) in [4.78, 5) is 16.0. The van der Waals surface area contributed by atoms with E-state index in [1.807, 2.05) is 0 Å². The molecule has 0 saturated heterocycles. The summed E-state index contributed by atoms with van der Waals surface area (Å²) in [5.74, 6) is 0.688. The molecule has 0 saturated carbocycles. The molecule has 0 aliphatic heterocycles. The van der Waals surface area contributed by atoms with Gasteiger partial charge in [-0.1, -0.05) is 13.8 Å². The Morgan fingerprint density at radius 2 is 2.18 bits per heavy atom. The summed E-state index contributed by atoms with van der Waals surface area (Å²) in [6.07, 6.45) is 3.27. The van der Waals surface area contributed by atoms with Crippen molar-refractivity contribution in [2.45, 2.75) is 39.8 Å². The Hall–Kier alpha value is -1.36. The van der Waals surface area contributed by atoms with E-state index in [4.69, 9.17) is 0 Å². The van der Waals surface area contributed by atoms with Crippen LogP contribution in [0.25, 0.3) is 0 Å². The maximum atomic E-state index is 12.0. The molecule has 1 rings (SSSR count). The quantitative estimate of drug-likeness (QED) is 0.807. The van der Waals surface area contributed by atoms with E-state index in [9.17, 15) is 9.90 Å². The fraction of sp³-hybridized carbons (Fsp3) is 0.667. The topological polar surface area (TPSA) is 67.2 Å². The van der Waals surface area contributed by atoms with Crippen LogP contribution in [0, 0.1) is 5.92 Å². The van der Waals surface area contributed by atoms with Gasteiger partial charge in [-0.2, -0.15) is 0 Å². The van der Waals surface area contributed by atoms with Gasteiger partial charge < -0.3 is 15.0 Å². The minimum Gasteiger partial charge on any atom is -0.389 e. The van der Waals surface area contributed by atoms with Crippen molar-refractivity contribution in [3.05, 3.63) is 22.7 Å². The summed E-state index contributed by atoms with van der Waals surface area (Å²) in [6, 6.07) is 0. The van der Waals surface area contributed by atoms with Crippen LogP contribution in [0.1, 0.15) is 27.7 Å². The van der Waals surface area contributed by atoms with Gasteiger partial charge in [0, 0.05) is 25.5 Å². The first-order valence-corrected chi connectivity index (χ1v) is 5.81. The Labute approximate surface area is 102 Å². The average molecular weight is 239 g/mol. The molecule has 0 bridgehead atoms. The zero-order valence-corrected chi connectivity index (χ0v) is 10.9. The smallest absolute Gasteiger partial charge is 0.293 e. The molecule has 0 atom stereocenters. The lowest BCUT2D eigenvalue weighted by Gasteiger charge is -2.18. The highest BCUT2D eigenvalue weighted by Gasteiger charge is 2.14. The van der Waals surface area contributed by atoms with Gasteiger partial charge in [-0.15, -0.1) is 0 Å². The third-order valence-corrected chi connectivity index (χ3v) is 2.16. The molecule has 0 aliphatic carbocycles. The molecular weight excluding hydrogens is 218 g/mol. The number of aromatic nitrogens is 2. The van der Waals surface area contributed by atoms with Crippen LogP contribution in [-0.4, -0.2) is 26.8 Å². The van der Waals surface area contributed by atoms with Gasteiger partial charge in [-0.3, -0.25) is 4.79 Å². The van der Waals surface area contributed by atoms with E-state index in [1.165, 1.54) is 0 Å². The van der Waals surface area contributed by atoms with Crippen LogP contribution >= 0.6 is 0 Å². The largest absolute Gasteiger partial charge is 0.389 e. The van der Waals surface area contributed by atoms with Gasteiger partial charge in [0.15, 0.2) is 5.82 Å². The number of nitrogens with one attached hydrogen (secondary N) is 1. The summed E-state index contributed by atoms with van der Waals surface area (Å²) in [6.45, 7) is 8.41. The van der Waals surface area contributed by atoms with Crippen LogP contribution in [0.15, 0.2) is 17.2 Å². The van der Waals surface area contributed by atoms with Crippen molar-refractivity contribution < 1.29 is 5.11 Å². The normalized spacial score (nSPS) is 11.9. The lowest BCUT2D eigenvalue weighted by molar-refractivity contribution is 0.0944. The highest BCUT2D eigenvalue weighted by atomic mass is 16.3. The van der Waals surface area contributed by atoms with E-state index in [0.29, 0.717) is 19.0 Å². The molecule has 0 aliphatic rings. The van der Waals surface area contributed by atoms with Gasteiger partial charge in [-0.25, -0.2) is 4.98 Å². The number of anilines is 1. The molecule has 0 unspecified atom stereocenters. The Kier molecular flexibility index (Phi) is 4.28. The second kappa shape index (κ2) is 5.31. The van der Waals surface area contributed by atoms with Crippen molar-refractivity contribution in [2.75, 3.05) is 11.9 Å². The fourth-order valence-corrected chi connectivity index (χ4v) is 1.41. The van der Waals surface area contributed by atoms with E-state index in [-0.39, 0.29) is 11.4 Å². The minimum absolute atomic E-state index is 0.148. The number of hydrogen-bond donors (Lipinski definition) is 2. The molecule has 0 amide bonds. The summed E-state index contributed by atoms with van der Waals surface area (Å²) in [5.41, 5.74) is -1.02. The van der Waals surface area contributed by atoms with E-state index >= 15 is 0 Å². The van der Waals surface area contributed by atoms with Gasteiger partial charge in [-0.05, 0) is 19.8 Å². The molecule has 0 radical (unpaired) electrons. The maximum Gasteiger partial charge on any atom is 0.293 e. The van der Waals surface area contributed by atoms with Crippen LogP contribution < -0.4 is 10.9 Å². The van der Waals surface area contributed by atoms with Crippen LogP contribution in [0.2, 0.25) is 0 Å². The molecule has 96 valence electrons. The maximum absolute atomic E-state index is 12.0. The fourth-order valence-electron chi connectivity index (χ4n) is 1.41. The first-order chi connectivity index (χ1) is 7.79. The van der Waals surface area contributed by atoms with Gasteiger partial charge in [0.2, 0.25) is 0 Å². The molecule has 5 nitrogen and oxygen atoms in total. The van der Waals surface area contributed by atoms with E-state index in [2.05, 4.69) is 24.1 Å². The predicted octanol–water partition coefficient (Wildman–Crippen LogP) is 1.08. The molecular formula is C12H21N3O2. The standard InChI is InChI=1S/C12H21N3O2/c1-9(2)7-15-6-5-13-10(11(15)16)14-8-12(3,4)17/h5-6,9,17H,7-8H2,1-4H3,(H,13,14). The van der Waals surface area contributed by atoms with Crippen molar-refractivity contribution in [1.82, 2.24) is 9.55 Å². The average Bonchev–Trinajstić information content (AvgIpc) is 2.17. The Morgan fingerprint density at radius 3 is 2.71 bits per heavy atom. The van der Waals surface area contributed by atoms with E-state index in [0.717, 1.165) is 0 Å². The monoisotopic (exact) mass is 239 g/mol. The van der Waals surface area contributed by atoms with Crippen molar-refractivity contribution >= 4 is 5.82 Å². The summed E-state index contributed by atoms with van der Waals surface area (Å²) in [7, 11) is 0. The molecule has 1 aromatic rings. The Bertz CT molecular complexity index is 418. The van der Waals surface area contributed by atoms with Crippen LogP contribution in [0.5, 0.6) is 0 Å². The highest BCUT2D eigenvalue weighted by molar-refractivity contribution is 5.31. The number of aliphatic hydroxyl groups is 1. The van der Waals surface area contributed by atoms with E-state index in [1.54, 1.807) is 30.8 Å². The number of rotatable bonds is 5. The molecule has 1 heterocycles. The summed E-state index contributed by atoms with van der Waals surface area (Å²) >= 11 is 0. The van der Waals surface area contributed by atoms with Crippen LogP contribution in [0.4, 0.5) is 5.82 Å². The highest BCUT2D eigenvalue weighted by Crippen LogP contribution is 2.03. The van der Waals surface area contributed by atoms with Crippen molar-refractivity contribution in [3.8, 4) is 0 Å². The third kappa shape index (κ3) is 4.56. The Balaban J connectivity index is 2.84. The van der Waals surface area contributed by atoms with Gasteiger partial charge >= 0.3 is 0 Å². The first kappa shape index (κ1) is 13.7. The molecule has 1 aromatic heterocycles. The zero-order chi connectivity index (χ0) is 13.1. The van der Waals surface area contributed by atoms with E-state index < -0.39 is 5.60 Å². The minimum atomic E-state index is -0.868. The molecule has 0 fully saturated rings. The Morgan fingerprint density at radius 1 is 1.53 bits per heavy atom. The SMILES string of the molecule is CC(C)Cn1ccnc(NCC(C)(C)O)c1=O. The third-order valence-electron chi connectivity index (χ3n) is 2.16. The van der Waals surface area contributed by atoms with Crippen LogP contribution in [-0.2, 0) is 6.54 Å². The number of hydrogen-bond acceptors (Lipinski definition) is 4.